The van der Waals surface area contributed by atoms with Gasteiger partial charge in [0.15, 0.2) is 0 Å². The molecule has 2 aromatic carbocycles. The number of hydrogen-bond acceptors (Lipinski definition) is 1. The van der Waals surface area contributed by atoms with E-state index >= 15 is 0 Å². The smallest absolute Gasteiger partial charge is 0.0517 e. The Morgan fingerprint density at radius 2 is 1.33 bits per heavy atom. The topological polar surface area (TPSA) is 12.0 Å². The lowest BCUT2D eigenvalue weighted by atomic mass is 9.93. The summed E-state index contributed by atoms with van der Waals surface area (Å²) < 4.78 is 0. The van der Waals surface area contributed by atoms with E-state index in [4.69, 9.17) is 0 Å². The Morgan fingerprint density at radius 3 is 1.87 bits per heavy atom. The summed E-state index contributed by atoms with van der Waals surface area (Å²) in [6, 6.07) is 14.1. The van der Waals surface area contributed by atoms with E-state index in [2.05, 4.69) is 53.9 Å². The molecule has 2 unspecified atom stereocenters. The molecular formula is C14H11N. The third-order valence-corrected chi connectivity index (χ3v) is 3.48. The van der Waals surface area contributed by atoms with Crippen LogP contribution in [0.25, 0.3) is 10.8 Å². The Bertz CT molecular complexity index is 532. The highest BCUT2D eigenvalue weighted by atomic mass is 15.0. The van der Waals surface area contributed by atoms with Crippen LogP contribution >= 0.6 is 0 Å². The van der Waals surface area contributed by atoms with Crippen molar-refractivity contribution in [2.75, 3.05) is 0 Å². The first-order chi connectivity index (χ1) is 7.42. The average Bonchev–Trinajstić information content (AvgIpc) is 2.87. The minimum absolute atomic E-state index is 0.453. The third-order valence-electron chi connectivity index (χ3n) is 3.48. The van der Waals surface area contributed by atoms with E-state index < -0.39 is 0 Å². The van der Waals surface area contributed by atoms with Crippen LogP contribution in [0.2, 0.25) is 0 Å². The number of hydrogen-bond donors (Lipinski definition) is 1. The molecule has 0 amide bonds. The molecule has 2 bridgehead atoms. The molecule has 2 aliphatic heterocycles. The second-order valence-corrected chi connectivity index (χ2v) is 4.34. The highest BCUT2D eigenvalue weighted by Crippen LogP contribution is 2.41. The van der Waals surface area contributed by atoms with E-state index in [0.717, 1.165) is 0 Å². The van der Waals surface area contributed by atoms with Crippen LogP contribution < -0.4 is 5.32 Å². The summed E-state index contributed by atoms with van der Waals surface area (Å²) in [6.07, 6.45) is 4.53. The maximum atomic E-state index is 3.56. The van der Waals surface area contributed by atoms with Crippen molar-refractivity contribution in [1.82, 2.24) is 5.32 Å². The van der Waals surface area contributed by atoms with E-state index in [9.17, 15) is 0 Å². The van der Waals surface area contributed by atoms with Gasteiger partial charge >= 0.3 is 0 Å². The minimum atomic E-state index is 0.453. The molecule has 15 heavy (non-hydrogen) atoms. The van der Waals surface area contributed by atoms with E-state index in [1.807, 2.05) is 0 Å². The quantitative estimate of drug-likeness (QED) is 0.634. The van der Waals surface area contributed by atoms with Gasteiger partial charge in [-0.05, 0) is 34.0 Å². The van der Waals surface area contributed by atoms with Crippen LogP contribution in [0.15, 0.2) is 48.6 Å². The Hall–Kier alpha value is -1.60. The summed E-state index contributed by atoms with van der Waals surface area (Å²) in [5, 5.41) is 6.25. The standard InChI is InChI=1S/C14H11N/c1-2-4-10-8-12-11(7-9(10)3-1)13-5-6-14(12)15-13/h1-8,13-15H. The molecular weight excluding hydrogens is 182 g/mol. The second-order valence-electron chi connectivity index (χ2n) is 4.34. The average molecular weight is 193 g/mol. The molecule has 1 nitrogen and oxygen atoms in total. The largest absolute Gasteiger partial charge is 0.296 e. The molecule has 0 aliphatic carbocycles. The van der Waals surface area contributed by atoms with Gasteiger partial charge in [-0.15, -0.1) is 0 Å². The lowest BCUT2D eigenvalue weighted by Gasteiger charge is -2.10. The molecule has 4 rings (SSSR count). The van der Waals surface area contributed by atoms with Crippen molar-refractivity contribution in [1.29, 1.82) is 0 Å². The van der Waals surface area contributed by atoms with Gasteiger partial charge in [-0.25, -0.2) is 0 Å². The van der Waals surface area contributed by atoms with Crippen LogP contribution in [0.4, 0.5) is 0 Å². The molecule has 0 spiro atoms. The summed E-state index contributed by atoms with van der Waals surface area (Å²) >= 11 is 0. The Morgan fingerprint density at radius 1 is 0.800 bits per heavy atom. The zero-order valence-corrected chi connectivity index (χ0v) is 8.27. The van der Waals surface area contributed by atoms with Crippen LogP contribution in [0.5, 0.6) is 0 Å². The van der Waals surface area contributed by atoms with Gasteiger partial charge < -0.3 is 0 Å². The first kappa shape index (κ1) is 7.66. The summed E-state index contributed by atoms with van der Waals surface area (Å²) in [5.41, 5.74) is 2.92. The van der Waals surface area contributed by atoms with Gasteiger partial charge in [0.25, 0.3) is 0 Å². The van der Waals surface area contributed by atoms with E-state index in [1.165, 1.54) is 21.9 Å². The van der Waals surface area contributed by atoms with E-state index in [-0.39, 0.29) is 0 Å². The fourth-order valence-electron chi connectivity index (χ4n) is 2.73. The summed E-state index contributed by atoms with van der Waals surface area (Å²) in [5.74, 6) is 0. The fraction of sp³-hybridized carbons (Fsp3) is 0.143. The van der Waals surface area contributed by atoms with Crippen molar-refractivity contribution in [2.45, 2.75) is 12.1 Å². The lowest BCUT2D eigenvalue weighted by molar-refractivity contribution is 0.673. The maximum absolute atomic E-state index is 3.56. The van der Waals surface area contributed by atoms with Crippen molar-refractivity contribution in [2.24, 2.45) is 0 Å². The Labute approximate surface area is 88.4 Å². The Kier molecular flexibility index (Phi) is 1.28. The number of fused-ring (bicyclic) bond motifs is 6. The molecule has 1 N–H and O–H groups in total. The van der Waals surface area contributed by atoms with Crippen molar-refractivity contribution >= 4 is 10.8 Å². The van der Waals surface area contributed by atoms with Gasteiger partial charge in [0.05, 0.1) is 12.1 Å². The number of rotatable bonds is 0. The molecule has 1 heteroatoms. The van der Waals surface area contributed by atoms with Gasteiger partial charge in [-0.2, -0.15) is 0 Å². The summed E-state index contributed by atoms with van der Waals surface area (Å²) in [7, 11) is 0. The van der Waals surface area contributed by atoms with Crippen molar-refractivity contribution in [3.63, 3.8) is 0 Å². The third kappa shape index (κ3) is 0.910. The normalized spacial score (nSPS) is 26.1. The molecule has 2 heterocycles. The van der Waals surface area contributed by atoms with E-state index in [1.54, 1.807) is 0 Å². The van der Waals surface area contributed by atoms with Crippen LogP contribution in [-0.4, -0.2) is 0 Å². The molecule has 0 radical (unpaired) electrons. The molecule has 2 atom stereocenters. The molecule has 72 valence electrons. The minimum Gasteiger partial charge on any atom is -0.296 e. The zero-order valence-electron chi connectivity index (χ0n) is 8.27. The van der Waals surface area contributed by atoms with Crippen LogP contribution in [0.3, 0.4) is 0 Å². The predicted molar refractivity (Wildman–Crippen MR) is 61.7 cm³/mol. The Balaban J connectivity index is 2.09. The SMILES string of the molecule is C1=CC2NC1c1cc3ccccc3cc12. The van der Waals surface area contributed by atoms with Crippen molar-refractivity contribution < 1.29 is 0 Å². The predicted octanol–water partition coefficient (Wildman–Crippen LogP) is 3.10. The lowest BCUT2D eigenvalue weighted by Crippen LogP contribution is -2.07. The molecule has 0 fully saturated rings. The monoisotopic (exact) mass is 193 g/mol. The summed E-state index contributed by atoms with van der Waals surface area (Å²) in [4.78, 5) is 0. The van der Waals surface area contributed by atoms with Gasteiger partial charge in [0.1, 0.15) is 0 Å². The first-order valence-corrected chi connectivity index (χ1v) is 5.39. The summed E-state index contributed by atoms with van der Waals surface area (Å²) in [6.45, 7) is 0. The van der Waals surface area contributed by atoms with Crippen molar-refractivity contribution in [3.8, 4) is 0 Å². The second kappa shape index (κ2) is 2.50. The van der Waals surface area contributed by atoms with Crippen LogP contribution in [0, 0.1) is 0 Å². The fourth-order valence-corrected chi connectivity index (χ4v) is 2.73. The molecule has 2 aliphatic rings. The number of nitrogens with one attached hydrogen (secondary N) is 1. The van der Waals surface area contributed by atoms with Gasteiger partial charge in [0, 0.05) is 0 Å². The highest BCUT2D eigenvalue weighted by molar-refractivity contribution is 5.85. The molecule has 0 saturated heterocycles. The van der Waals surface area contributed by atoms with Gasteiger partial charge in [-0.3, -0.25) is 5.32 Å². The molecule has 0 aromatic heterocycles. The van der Waals surface area contributed by atoms with Gasteiger partial charge in [-0.1, -0.05) is 36.4 Å². The number of benzene rings is 2. The molecule has 0 saturated carbocycles. The van der Waals surface area contributed by atoms with Crippen LogP contribution in [-0.2, 0) is 0 Å². The van der Waals surface area contributed by atoms with E-state index in [0.29, 0.717) is 12.1 Å². The zero-order chi connectivity index (χ0) is 9.83. The van der Waals surface area contributed by atoms with Crippen LogP contribution in [0.1, 0.15) is 23.2 Å². The molecule has 2 aromatic rings. The first-order valence-electron chi connectivity index (χ1n) is 5.39. The highest BCUT2D eigenvalue weighted by Gasteiger charge is 2.31. The maximum Gasteiger partial charge on any atom is 0.0517 e. The van der Waals surface area contributed by atoms with Crippen molar-refractivity contribution in [3.05, 3.63) is 59.7 Å². The van der Waals surface area contributed by atoms with Gasteiger partial charge in [0.2, 0.25) is 0 Å².